The molecule has 0 bridgehead atoms. The van der Waals surface area contributed by atoms with Gasteiger partial charge in [-0.25, -0.2) is 9.97 Å². The molecule has 0 unspecified atom stereocenters. The van der Waals surface area contributed by atoms with Gasteiger partial charge in [0.25, 0.3) is 5.91 Å². The molecular formula is C53H62N8O5S2. The molecule has 1 amide bonds. The fourth-order valence-corrected chi connectivity index (χ4v) is 10.6. The number of ether oxygens (including phenoxy) is 2. The zero-order valence-electron chi connectivity index (χ0n) is 39.6. The number of thioether (sulfide) groups is 2. The lowest BCUT2D eigenvalue weighted by atomic mass is 10.1. The molecule has 4 heterocycles. The molecule has 2 aromatic carbocycles. The molecular weight excluding hydrogens is 893 g/mol. The van der Waals surface area contributed by atoms with Gasteiger partial charge in [0, 0.05) is 53.8 Å². The van der Waals surface area contributed by atoms with E-state index in [1.807, 2.05) is 97.5 Å². The third-order valence-corrected chi connectivity index (χ3v) is 13.9. The van der Waals surface area contributed by atoms with Crippen LogP contribution in [0.2, 0.25) is 0 Å². The summed E-state index contributed by atoms with van der Waals surface area (Å²) in [5, 5.41) is 2.59. The predicted octanol–water partition coefficient (Wildman–Crippen LogP) is 10.5. The molecule has 356 valence electrons. The number of benzene rings is 2. The van der Waals surface area contributed by atoms with Crippen LogP contribution < -0.4 is 21.4 Å². The maximum absolute atomic E-state index is 12.5. The molecule has 2 aliphatic carbocycles. The first kappa shape index (κ1) is 52.6. The quantitative estimate of drug-likeness (QED) is 0.0776. The molecule has 7 N–H and O–H groups in total. The number of rotatable bonds is 14. The molecule has 6 aromatic rings. The Labute approximate surface area is 408 Å². The highest BCUT2D eigenvalue weighted by atomic mass is 32.2. The van der Waals surface area contributed by atoms with E-state index in [1.54, 1.807) is 55.2 Å². The summed E-state index contributed by atoms with van der Waals surface area (Å²) < 4.78 is 16.3. The summed E-state index contributed by atoms with van der Waals surface area (Å²) in [4.78, 5) is 42.8. The van der Waals surface area contributed by atoms with Crippen molar-refractivity contribution >= 4 is 35.2 Å². The summed E-state index contributed by atoms with van der Waals surface area (Å²) in [6.45, 7) is 10.1. The lowest BCUT2D eigenvalue weighted by Gasteiger charge is -2.15. The SMILES string of the molecule is CCC#Cc1ccc(OCc2c(C(C)=O)nc(SC3CCCC3)n2-c2cccnc2)cc1C.CCC#Cc1ccc(OCc2c(C(N)=O)nc(SC3CCCC3)n2-c2cccnc2)cc1C.N.O. The van der Waals surface area contributed by atoms with Gasteiger partial charge in [-0.05, 0) is 111 Å². The molecule has 2 saturated carbocycles. The van der Waals surface area contributed by atoms with Crippen molar-refractivity contribution in [3.8, 4) is 46.6 Å². The van der Waals surface area contributed by atoms with Crippen LogP contribution in [0.15, 0.2) is 95.8 Å². The van der Waals surface area contributed by atoms with Gasteiger partial charge in [0.15, 0.2) is 21.8 Å². The Hall–Kier alpha value is -6.36. The largest absolute Gasteiger partial charge is 0.487 e. The van der Waals surface area contributed by atoms with Gasteiger partial charge in [-0.3, -0.25) is 28.7 Å². The van der Waals surface area contributed by atoms with Crippen molar-refractivity contribution in [1.29, 1.82) is 0 Å². The van der Waals surface area contributed by atoms with Gasteiger partial charge in [0.05, 0.1) is 35.2 Å². The fraction of sp³-hybridized carbons (Fsp3) is 0.358. The van der Waals surface area contributed by atoms with Gasteiger partial charge in [0.1, 0.15) is 30.4 Å². The van der Waals surface area contributed by atoms with Crippen molar-refractivity contribution in [1.82, 2.24) is 35.2 Å². The lowest BCUT2D eigenvalue weighted by Crippen LogP contribution is -2.16. The van der Waals surface area contributed by atoms with Crippen LogP contribution in [0.3, 0.4) is 0 Å². The number of primary amides is 1. The van der Waals surface area contributed by atoms with Crippen LogP contribution in [0.5, 0.6) is 11.5 Å². The minimum atomic E-state index is -0.564. The molecule has 0 atom stereocenters. The number of pyridine rings is 2. The minimum absolute atomic E-state index is 0. The van der Waals surface area contributed by atoms with Crippen molar-refractivity contribution in [2.75, 3.05) is 0 Å². The summed E-state index contributed by atoms with van der Waals surface area (Å²) in [6.07, 6.45) is 18.3. The minimum Gasteiger partial charge on any atom is -0.487 e. The molecule has 4 aromatic heterocycles. The maximum Gasteiger partial charge on any atom is 0.269 e. The third-order valence-electron chi connectivity index (χ3n) is 11.4. The number of hydrogen-bond acceptors (Lipinski definition) is 11. The van der Waals surface area contributed by atoms with Crippen molar-refractivity contribution in [2.45, 2.75) is 133 Å². The average Bonchev–Trinajstić information content (AvgIpc) is 4.16. The van der Waals surface area contributed by atoms with Crippen molar-refractivity contribution in [3.63, 3.8) is 0 Å². The van der Waals surface area contributed by atoms with Crippen LogP contribution in [0, 0.1) is 37.5 Å². The number of aryl methyl sites for hydroxylation is 2. The molecule has 15 heteroatoms. The molecule has 68 heavy (non-hydrogen) atoms. The van der Waals surface area contributed by atoms with E-state index in [9.17, 15) is 9.59 Å². The monoisotopic (exact) mass is 954 g/mol. The Bertz CT molecular complexity index is 2570. The Morgan fingerprint density at radius 2 is 1.12 bits per heavy atom. The first-order valence-corrected chi connectivity index (χ1v) is 24.5. The second-order valence-electron chi connectivity index (χ2n) is 16.3. The van der Waals surface area contributed by atoms with Crippen LogP contribution in [0.25, 0.3) is 11.4 Å². The Morgan fingerprint density at radius 3 is 1.49 bits per heavy atom. The molecule has 0 spiro atoms. The highest BCUT2D eigenvalue weighted by molar-refractivity contribution is 8.00. The van der Waals surface area contributed by atoms with Crippen LogP contribution in [-0.2, 0) is 13.2 Å². The van der Waals surface area contributed by atoms with Crippen molar-refractivity contribution in [3.05, 3.63) is 130 Å². The Balaban J connectivity index is 0.000000247. The van der Waals surface area contributed by atoms with Gasteiger partial charge in [-0.2, -0.15) is 0 Å². The van der Waals surface area contributed by atoms with Gasteiger partial charge < -0.3 is 26.8 Å². The number of hydrogen-bond donors (Lipinski definition) is 2. The van der Waals surface area contributed by atoms with E-state index in [0.717, 1.165) is 81.1 Å². The summed E-state index contributed by atoms with van der Waals surface area (Å²) >= 11 is 3.46. The maximum atomic E-state index is 12.5. The van der Waals surface area contributed by atoms with E-state index >= 15 is 0 Å². The number of nitrogens with zero attached hydrogens (tertiary/aromatic N) is 6. The summed E-state index contributed by atoms with van der Waals surface area (Å²) in [5.41, 5.74) is 13.6. The number of Topliss-reactive ketones (excluding diaryl/α,β-unsaturated/α-hetero) is 1. The predicted molar refractivity (Wildman–Crippen MR) is 271 cm³/mol. The molecule has 2 aliphatic rings. The van der Waals surface area contributed by atoms with Crippen LogP contribution in [-0.4, -0.2) is 56.7 Å². The number of aromatic nitrogens is 6. The van der Waals surface area contributed by atoms with E-state index in [0.29, 0.717) is 27.6 Å². The first-order valence-electron chi connectivity index (χ1n) is 22.8. The van der Waals surface area contributed by atoms with Crippen LogP contribution >= 0.6 is 23.5 Å². The Kier molecular flexibility index (Phi) is 19.9. The Morgan fingerprint density at radius 1 is 0.691 bits per heavy atom. The summed E-state index contributed by atoms with van der Waals surface area (Å²) in [7, 11) is 0. The van der Waals surface area contributed by atoms with Gasteiger partial charge in [-0.15, -0.1) is 0 Å². The third kappa shape index (κ3) is 13.4. The van der Waals surface area contributed by atoms with E-state index in [-0.39, 0.29) is 36.3 Å². The topological polar surface area (TPSA) is 207 Å². The average molecular weight is 955 g/mol. The fourth-order valence-electron chi connectivity index (χ4n) is 7.98. The summed E-state index contributed by atoms with van der Waals surface area (Å²) in [5.74, 6) is 13.4. The number of nitrogens with two attached hydrogens (primary N) is 1. The van der Waals surface area contributed by atoms with Gasteiger partial charge >= 0.3 is 0 Å². The summed E-state index contributed by atoms with van der Waals surface area (Å²) in [6, 6.07) is 19.4. The molecule has 0 radical (unpaired) electrons. The van der Waals surface area contributed by atoms with Crippen LogP contribution in [0.4, 0.5) is 0 Å². The molecule has 0 aliphatic heterocycles. The lowest BCUT2D eigenvalue weighted by molar-refractivity contribution is 0.0989. The molecule has 13 nitrogen and oxygen atoms in total. The number of carbonyl (C=O) groups excluding carboxylic acids is 2. The van der Waals surface area contributed by atoms with Gasteiger partial charge in [0.2, 0.25) is 0 Å². The van der Waals surface area contributed by atoms with Crippen molar-refractivity contribution < 1.29 is 24.5 Å². The van der Waals surface area contributed by atoms with Gasteiger partial charge in [-0.1, -0.05) is 86.7 Å². The van der Waals surface area contributed by atoms with E-state index < -0.39 is 5.91 Å². The second kappa shape index (κ2) is 25.7. The van der Waals surface area contributed by atoms with E-state index in [2.05, 4.69) is 38.6 Å². The zero-order valence-corrected chi connectivity index (χ0v) is 41.3. The van der Waals surface area contributed by atoms with Crippen molar-refractivity contribution in [2.24, 2.45) is 5.73 Å². The van der Waals surface area contributed by atoms with E-state index in [1.165, 1.54) is 38.5 Å². The molecule has 2 fully saturated rings. The highest BCUT2D eigenvalue weighted by Crippen LogP contribution is 2.38. The normalized spacial score (nSPS) is 13.1. The zero-order chi connectivity index (χ0) is 46.4. The highest BCUT2D eigenvalue weighted by Gasteiger charge is 2.28. The number of carbonyl (C=O) groups is 2. The molecule has 0 saturated heterocycles. The van der Waals surface area contributed by atoms with Crippen LogP contribution in [0.1, 0.15) is 140 Å². The standard InChI is InChI=1S/C27H29N3O2S.C26H28N4O2S.H3N.H2O/c1-4-5-9-21-13-14-23(16-19(21)2)32-18-25-26(20(3)31)29-27(33-24-11-6-7-12-24)30(25)22-10-8-15-28-17-22;1-3-4-8-19-12-13-21(15-18(19)2)32-17-23-24(25(27)31)29-26(33-22-10-5-6-11-22)30(23)20-9-7-14-28-16-20;;/h8,10,13-17,24H,4,6-7,11-12,18H2,1-3H3;7,9,12-16,22H,3,5-6,10-11,17H2,1-2H3,(H2,27,31);1H3;1H2. The first-order chi connectivity index (χ1) is 32.1. The second-order valence-corrected chi connectivity index (χ2v) is 18.8. The molecule has 8 rings (SSSR count). The number of amides is 1. The smallest absolute Gasteiger partial charge is 0.269 e. The van der Waals surface area contributed by atoms with E-state index in [4.69, 9.17) is 20.2 Å². The number of ketones is 1. The number of imidazole rings is 2.